The normalized spacial score (nSPS) is 9.67. The predicted octanol–water partition coefficient (Wildman–Crippen LogP) is 1.35. The Balaban J connectivity index is 3.17. The molecule has 0 aromatic heterocycles. The molecule has 0 saturated heterocycles. The smallest absolute Gasteiger partial charge is 0.146 e. The van der Waals surface area contributed by atoms with Crippen LogP contribution in [0.1, 0.15) is 0 Å². The van der Waals surface area contributed by atoms with Gasteiger partial charge in [-0.1, -0.05) is 11.6 Å². The summed E-state index contributed by atoms with van der Waals surface area (Å²) >= 11 is 5.51. The van der Waals surface area contributed by atoms with Crippen LogP contribution >= 0.6 is 11.6 Å². The number of halogens is 2. The van der Waals surface area contributed by atoms with Crippen molar-refractivity contribution in [3.63, 3.8) is 0 Å². The molecule has 0 amide bonds. The van der Waals surface area contributed by atoms with E-state index in [0.29, 0.717) is 10.7 Å². The van der Waals surface area contributed by atoms with Gasteiger partial charge in [0.05, 0.1) is 0 Å². The van der Waals surface area contributed by atoms with Crippen LogP contribution in [0.3, 0.4) is 0 Å². The molecular formula is C6H6ClFN+. The third kappa shape index (κ3) is 1.40. The zero-order valence-corrected chi connectivity index (χ0v) is 5.45. The first-order valence-electron chi connectivity index (χ1n) is 2.47. The van der Waals surface area contributed by atoms with Crippen LogP contribution in [0.15, 0.2) is 18.2 Å². The summed E-state index contributed by atoms with van der Waals surface area (Å²) in [4.78, 5) is 0. The summed E-state index contributed by atoms with van der Waals surface area (Å²) in [7, 11) is 0. The van der Waals surface area contributed by atoms with Crippen LogP contribution in [0.25, 0.3) is 0 Å². The summed E-state index contributed by atoms with van der Waals surface area (Å²) < 4.78 is 12.2. The molecule has 0 atom stereocenters. The molecule has 3 heteroatoms. The molecule has 0 unspecified atom stereocenters. The van der Waals surface area contributed by atoms with Crippen LogP contribution in [-0.2, 0) is 0 Å². The lowest BCUT2D eigenvalue weighted by molar-refractivity contribution is -0.254. The highest BCUT2D eigenvalue weighted by atomic mass is 35.5. The van der Waals surface area contributed by atoms with E-state index in [9.17, 15) is 4.39 Å². The van der Waals surface area contributed by atoms with Crippen molar-refractivity contribution in [2.45, 2.75) is 0 Å². The van der Waals surface area contributed by atoms with Gasteiger partial charge in [-0.25, -0.2) is 4.39 Å². The Bertz CT molecular complexity index is 224. The summed E-state index contributed by atoms with van der Waals surface area (Å²) in [6, 6.07) is 4.11. The van der Waals surface area contributed by atoms with Gasteiger partial charge in [0, 0.05) is 6.07 Å². The first-order chi connectivity index (χ1) is 4.20. The van der Waals surface area contributed by atoms with E-state index in [1.54, 1.807) is 0 Å². The minimum absolute atomic E-state index is 0.326. The molecule has 0 aliphatic heterocycles. The van der Waals surface area contributed by atoms with Crippen LogP contribution in [0.2, 0.25) is 5.02 Å². The van der Waals surface area contributed by atoms with Gasteiger partial charge in [-0.2, -0.15) is 0 Å². The lowest BCUT2D eigenvalue weighted by Crippen LogP contribution is -2.40. The van der Waals surface area contributed by atoms with Gasteiger partial charge in [0.15, 0.2) is 0 Å². The molecule has 1 aromatic rings. The lowest BCUT2D eigenvalue weighted by atomic mass is 10.3. The van der Waals surface area contributed by atoms with Crippen molar-refractivity contribution in [3.8, 4) is 0 Å². The third-order valence-electron chi connectivity index (χ3n) is 1.02. The highest BCUT2D eigenvalue weighted by Gasteiger charge is 1.98. The van der Waals surface area contributed by atoms with Crippen molar-refractivity contribution in [2.24, 2.45) is 0 Å². The van der Waals surface area contributed by atoms with Gasteiger partial charge in [-0.05, 0) is 12.1 Å². The van der Waals surface area contributed by atoms with E-state index in [-0.39, 0.29) is 5.82 Å². The van der Waals surface area contributed by atoms with Crippen molar-refractivity contribution in [1.82, 2.24) is 0 Å². The molecule has 9 heavy (non-hydrogen) atoms. The van der Waals surface area contributed by atoms with E-state index in [4.69, 9.17) is 11.6 Å². The average molecular weight is 147 g/mol. The van der Waals surface area contributed by atoms with E-state index >= 15 is 0 Å². The van der Waals surface area contributed by atoms with Crippen molar-refractivity contribution in [2.75, 3.05) is 0 Å². The summed E-state index contributed by atoms with van der Waals surface area (Å²) in [6.45, 7) is 0. The second kappa shape index (κ2) is 2.33. The molecule has 0 aliphatic rings. The minimum Gasteiger partial charge on any atom is -0.324 e. The van der Waals surface area contributed by atoms with Gasteiger partial charge in [0.2, 0.25) is 0 Å². The monoisotopic (exact) mass is 146 g/mol. The second-order valence-electron chi connectivity index (χ2n) is 1.74. The summed E-state index contributed by atoms with van der Waals surface area (Å²) in [5.74, 6) is -0.326. The molecule has 1 aromatic carbocycles. The van der Waals surface area contributed by atoms with Gasteiger partial charge in [-0.15, -0.1) is 0 Å². The predicted molar refractivity (Wildman–Crippen MR) is 34.0 cm³/mol. The maximum absolute atomic E-state index is 12.2. The quantitative estimate of drug-likeness (QED) is 0.573. The van der Waals surface area contributed by atoms with Gasteiger partial charge in [0.25, 0.3) is 0 Å². The van der Waals surface area contributed by atoms with Crippen molar-refractivity contribution in [3.05, 3.63) is 29.0 Å². The third-order valence-corrected chi connectivity index (χ3v) is 1.37. The standard InChI is InChI=1S/C6H5ClFN/c7-5-3-4(8)1-2-6(5)9/h1-3H,9H2/p+1. The highest BCUT2D eigenvalue weighted by molar-refractivity contribution is 6.32. The fourth-order valence-electron chi connectivity index (χ4n) is 0.522. The Morgan fingerprint density at radius 2 is 2.11 bits per heavy atom. The number of rotatable bonds is 0. The van der Waals surface area contributed by atoms with Gasteiger partial charge in [-0.3, -0.25) is 0 Å². The SMILES string of the molecule is [NH3+]c1ccc(F)cc1Cl. The number of hydrogen-bond donors (Lipinski definition) is 1. The van der Waals surface area contributed by atoms with E-state index < -0.39 is 0 Å². The first kappa shape index (κ1) is 6.52. The average Bonchev–Trinajstić information content (AvgIpc) is 1.80. The van der Waals surface area contributed by atoms with Crippen molar-refractivity contribution < 1.29 is 10.1 Å². The summed E-state index contributed by atoms with van der Waals surface area (Å²) in [6.07, 6.45) is 0. The molecule has 0 fully saturated rings. The molecule has 0 saturated carbocycles. The Labute approximate surface area is 57.2 Å². The Morgan fingerprint density at radius 3 is 2.56 bits per heavy atom. The van der Waals surface area contributed by atoms with Crippen LogP contribution in [0.4, 0.5) is 10.1 Å². The number of hydrogen-bond acceptors (Lipinski definition) is 0. The molecule has 1 nitrogen and oxygen atoms in total. The zero-order valence-electron chi connectivity index (χ0n) is 4.70. The van der Waals surface area contributed by atoms with E-state index in [1.807, 2.05) is 0 Å². The number of quaternary nitrogens is 1. The zero-order chi connectivity index (χ0) is 6.85. The summed E-state index contributed by atoms with van der Waals surface area (Å²) in [5.41, 5.74) is 4.21. The fraction of sp³-hybridized carbons (Fsp3) is 0. The Kier molecular flexibility index (Phi) is 1.69. The largest absolute Gasteiger partial charge is 0.324 e. The van der Waals surface area contributed by atoms with E-state index in [2.05, 4.69) is 5.73 Å². The molecule has 0 bridgehead atoms. The molecule has 0 radical (unpaired) electrons. The maximum Gasteiger partial charge on any atom is 0.146 e. The molecular weight excluding hydrogens is 141 g/mol. The highest BCUT2D eigenvalue weighted by Crippen LogP contribution is 2.16. The van der Waals surface area contributed by atoms with Crippen LogP contribution < -0.4 is 5.73 Å². The van der Waals surface area contributed by atoms with Crippen molar-refractivity contribution >= 4 is 17.3 Å². The van der Waals surface area contributed by atoms with Crippen molar-refractivity contribution in [1.29, 1.82) is 0 Å². The molecule has 1 rings (SSSR count). The molecule has 0 spiro atoms. The van der Waals surface area contributed by atoms with Crippen LogP contribution in [0.5, 0.6) is 0 Å². The van der Waals surface area contributed by atoms with Gasteiger partial charge >= 0.3 is 0 Å². The molecule has 0 heterocycles. The maximum atomic E-state index is 12.2. The lowest BCUT2D eigenvalue weighted by Gasteiger charge is -1.90. The van der Waals surface area contributed by atoms with E-state index in [0.717, 1.165) is 0 Å². The topological polar surface area (TPSA) is 27.6 Å². The Morgan fingerprint density at radius 1 is 1.44 bits per heavy atom. The summed E-state index contributed by atoms with van der Waals surface area (Å²) in [5, 5.41) is 0.370. The van der Waals surface area contributed by atoms with Gasteiger partial charge in [0.1, 0.15) is 16.5 Å². The first-order valence-corrected chi connectivity index (χ1v) is 2.85. The fourth-order valence-corrected chi connectivity index (χ4v) is 0.689. The van der Waals surface area contributed by atoms with E-state index in [1.165, 1.54) is 18.2 Å². The molecule has 48 valence electrons. The minimum atomic E-state index is -0.326. The molecule has 0 aliphatic carbocycles. The number of benzene rings is 1. The van der Waals surface area contributed by atoms with Crippen LogP contribution in [-0.4, -0.2) is 0 Å². The van der Waals surface area contributed by atoms with Gasteiger partial charge < -0.3 is 5.73 Å². The molecule has 3 N–H and O–H groups in total. The second-order valence-corrected chi connectivity index (χ2v) is 2.14. The Hall–Kier alpha value is -0.600. The van der Waals surface area contributed by atoms with Crippen LogP contribution in [0, 0.1) is 5.82 Å².